The summed E-state index contributed by atoms with van der Waals surface area (Å²) in [6, 6.07) is 4.84. The molecule has 0 aliphatic heterocycles. The summed E-state index contributed by atoms with van der Waals surface area (Å²) < 4.78 is 0. The maximum absolute atomic E-state index is 11.9. The smallest absolute Gasteiger partial charge is 0.307 e. The van der Waals surface area contributed by atoms with E-state index in [2.05, 4.69) is 15.8 Å². The van der Waals surface area contributed by atoms with E-state index in [-0.39, 0.29) is 11.3 Å². The molecule has 1 aromatic carbocycles. The summed E-state index contributed by atoms with van der Waals surface area (Å²) in [5.41, 5.74) is 1.98. The van der Waals surface area contributed by atoms with Gasteiger partial charge in [0, 0.05) is 17.7 Å². The minimum atomic E-state index is -1.00. The van der Waals surface area contributed by atoms with E-state index >= 15 is 0 Å². The Kier molecular flexibility index (Phi) is 4.26. The van der Waals surface area contributed by atoms with Crippen LogP contribution >= 0.6 is 0 Å². The van der Waals surface area contributed by atoms with Gasteiger partial charge in [0.05, 0.1) is 16.2 Å². The number of nitrogens with one attached hydrogen (secondary N) is 3. The Morgan fingerprint density at radius 1 is 1.22 bits per heavy atom. The number of carbonyl (C=O) groups is 1. The van der Waals surface area contributed by atoms with Crippen LogP contribution in [0.2, 0.25) is 0 Å². The van der Waals surface area contributed by atoms with Crippen LogP contribution in [0.5, 0.6) is 0 Å². The number of hydrazine groups is 1. The van der Waals surface area contributed by atoms with Crippen LogP contribution in [0, 0.1) is 20.2 Å². The van der Waals surface area contributed by atoms with Crippen molar-refractivity contribution in [2.75, 3.05) is 5.43 Å². The lowest BCUT2D eigenvalue weighted by Crippen LogP contribution is -2.31. The number of rotatable bonds is 5. The maximum atomic E-state index is 11.9. The van der Waals surface area contributed by atoms with Gasteiger partial charge in [0.2, 0.25) is 5.82 Å². The van der Waals surface area contributed by atoms with E-state index in [0.29, 0.717) is 0 Å². The Bertz CT molecular complexity index is 847. The zero-order valence-corrected chi connectivity index (χ0v) is 11.2. The molecule has 0 unspecified atom stereocenters. The van der Waals surface area contributed by atoms with Crippen molar-refractivity contribution in [1.29, 1.82) is 0 Å². The Morgan fingerprint density at radius 3 is 2.61 bits per heavy atom. The molecule has 0 fully saturated rings. The first-order valence-electron chi connectivity index (χ1n) is 5.93. The average molecular weight is 320 g/mol. The van der Waals surface area contributed by atoms with Crippen LogP contribution in [-0.4, -0.2) is 25.7 Å². The Balaban J connectivity index is 2.19. The molecule has 0 atom stereocenters. The number of nitro groups is 2. The van der Waals surface area contributed by atoms with Crippen molar-refractivity contribution in [3.63, 3.8) is 0 Å². The number of carbonyl (C=O) groups excluding carboxylic acids is 1. The van der Waals surface area contributed by atoms with Crippen LogP contribution in [0.3, 0.4) is 0 Å². The molecule has 1 aromatic heterocycles. The summed E-state index contributed by atoms with van der Waals surface area (Å²) in [4.78, 5) is 48.6. The van der Waals surface area contributed by atoms with Gasteiger partial charge in [-0.25, -0.2) is 4.98 Å². The Labute approximate surface area is 126 Å². The number of anilines is 1. The summed E-state index contributed by atoms with van der Waals surface area (Å²) in [6.45, 7) is 0. The van der Waals surface area contributed by atoms with Gasteiger partial charge in [0.1, 0.15) is 0 Å². The topological polar surface area (TPSA) is 173 Å². The predicted octanol–water partition coefficient (Wildman–Crippen LogP) is 0.343. The molecular weight excluding hydrogens is 312 g/mol. The monoisotopic (exact) mass is 320 g/mol. The SMILES string of the molecule is O=C(NNc1nc[nH]c(=O)c1[N+](=O)[O-])c1cccc([N+](=O)[O-])c1. The van der Waals surface area contributed by atoms with Gasteiger partial charge in [0.25, 0.3) is 11.6 Å². The van der Waals surface area contributed by atoms with Crippen molar-refractivity contribution in [3.8, 4) is 0 Å². The molecule has 3 N–H and O–H groups in total. The van der Waals surface area contributed by atoms with E-state index in [1.165, 1.54) is 18.2 Å². The number of aromatic amines is 1. The average Bonchev–Trinajstić information content (AvgIpc) is 2.52. The molecular formula is C11H8N6O6. The van der Waals surface area contributed by atoms with Crippen LogP contribution in [0.1, 0.15) is 10.4 Å². The lowest BCUT2D eigenvalue weighted by Gasteiger charge is -2.07. The van der Waals surface area contributed by atoms with Crippen LogP contribution in [0.25, 0.3) is 0 Å². The number of aromatic nitrogens is 2. The number of benzene rings is 1. The van der Waals surface area contributed by atoms with E-state index in [1.807, 2.05) is 4.98 Å². The number of non-ortho nitro benzene ring substituents is 1. The zero-order chi connectivity index (χ0) is 17.0. The van der Waals surface area contributed by atoms with E-state index in [0.717, 1.165) is 12.4 Å². The van der Waals surface area contributed by atoms with Gasteiger partial charge in [-0.1, -0.05) is 6.07 Å². The first-order valence-corrected chi connectivity index (χ1v) is 5.93. The van der Waals surface area contributed by atoms with Crippen LogP contribution in [-0.2, 0) is 0 Å². The summed E-state index contributed by atoms with van der Waals surface area (Å²) in [6.07, 6.45) is 0.914. The van der Waals surface area contributed by atoms with Crippen molar-refractivity contribution in [2.24, 2.45) is 0 Å². The second-order valence-electron chi connectivity index (χ2n) is 4.07. The van der Waals surface area contributed by atoms with Crippen LogP contribution in [0.15, 0.2) is 35.4 Å². The van der Waals surface area contributed by atoms with E-state index in [4.69, 9.17) is 0 Å². The first-order chi connectivity index (χ1) is 10.9. The fourth-order valence-corrected chi connectivity index (χ4v) is 1.60. The molecule has 23 heavy (non-hydrogen) atoms. The van der Waals surface area contributed by atoms with Gasteiger partial charge < -0.3 is 4.98 Å². The third-order valence-electron chi connectivity index (χ3n) is 2.62. The highest BCUT2D eigenvalue weighted by atomic mass is 16.6. The van der Waals surface area contributed by atoms with Crippen molar-refractivity contribution in [2.45, 2.75) is 0 Å². The largest absolute Gasteiger partial charge is 0.377 e. The minimum Gasteiger partial charge on any atom is -0.307 e. The van der Waals surface area contributed by atoms with Gasteiger partial charge in [-0.15, -0.1) is 0 Å². The van der Waals surface area contributed by atoms with Gasteiger partial charge in [-0.2, -0.15) is 0 Å². The van der Waals surface area contributed by atoms with Gasteiger partial charge in [-0.05, 0) is 6.07 Å². The highest BCUT2D eigenvalue weighted by Gasteiger charge is 2.21. The molecule has 2 aromatic rings. The summed E-state index contributed by atoms with van der Waals surface area (Å²) in [7, 11) is 0. The quantitative estimate of drug-likeness (QED) is 0.522. The lowest BCUT2D eigenvalue weighted by atomic mass is 10.2. The number of hydrogen-bond acceptors (Lipinski definition) is 8. The second-order valence-corrected chi connectivity index (χ2v) is 4.07. The molecule has 1 amide bonds. The summed E-state index contributed by atoms with van der Waals surface area (Å²) in [5, 5.41) is 21.4. The molecule has 12 heteroatoms. The van der Waals surface area contributed by atoms with E-state index < -0.39 is 32.8 Å². The van der Waals surface area contributed by atoms with Crippen LogP contribution < -0.4 is 16.4 Å². The van der Waals surface area contributed by atoms with Gasteiger partial charge in [-0.3, -0.25) is 40.7 Å². The second kappa shape index (κ2) is 6.30. The summed E-state index contributed by atoms with van der Waals surface area (Å²) >= 11 is 0. The van der Waals surface area contributed by atoms with Crippen molar-refractivity contribution in [3.05, 3.63) is 66.7 Å². The number of nitro benzene ring substituents is 1. The molecule has 0 bridgehead atoms. The predicted molar refractivity (Wildman–Crippen MR) is 75.7 cm³/mol. The molecule has 118 valence electrons. The highest BCUT2D eigenvalue weighted by Crippen LogP contribution is 2.15. The Hall–Kier alpha value is -3.83. The van der Waals surface area contributed by atoms with Crippen molar-refractivity contribution in [1.82, 2.24) is 15.4 Å². The molecule has 2 rings (SSSR count). The van der Waals surface area contributed by atoms with Crippen LogP contribution in [0.4, 0.5) is 17.2 Å². The third-order valence-corrected chi connectivity index (χ3v) is 2.62. The van der Waals surface area contributed by atoms with E-state index in [1.54, 1.807) is 0 Å². The maximum Gasteiger partial charge on any atom is 0.377 e. The first kappa shape index (κ1) is 15.6. The minimum absolute atomic E-state index is 0.0563. The normalized spacial score (nSPS) is 9.91. The molecule has 0 aliphatic carbocycles. The number of H-pyrrole nitrogens is 1. The zero-order valence-electron chi connectivity index (χ0n) is 11.2. The lowest BCUT2D eigenvalue weighted by molar-refractivity contribution is -0.385. The van der Waals surface area contributed by atoms with E-state index in [9.17, 15) is 29.8 Å². The fraction of sp³-hybridized carbons (Fsp3) is 0. The molecule has 0 saturated carbocycles. The number of nitrogens with zero attached hydrogens (tertiary/aromatic N) is 3. The van der Waals surface area contributed by atoms with Gasteiger partial charge in [0.15, 0.2) is 0 Å². The molecule has 12 nitrogen and oxygen atoms in total. The number of hydrogen-bond donors (Lipinski definition) is 3. The van der Waals surface area contributed by atoms with Gasteiger partial charge >= 0.3 is 11.2 Å². The molecule has 1 heterocycles. The van der Waals surface area contributed by atoms with Crippen molar-refractivity contribution < 1.29 is 14.6 Å². The number of amides is 1. The molecule has 0 radical (unpaired) electrons. The molecule has 0 spiro atoms. The molecule has 0 aliphatic rings. The molecule has 0 saturated heterocycles. The fourth-order valence-electron chi connectivity index (χ4n) is 1.60. The third kappa shape index (κ3) is 3.44. The summed E-state index contributed by atoms with van der Waals surface area (Å²) in [5.74, 6) is -1.28. The standard InChI is InChI=1S/C11H8N6O6/c18-10(6-2-1-3-7(4-6)16(20)21)15-14-9-8(17(22)23)11(19)13-5-12-9/h1-5H,(H,15,18)(H2,12,13,14,19). The Morgan fingerprint density at radius 2 is 1.96 bits per heavy atom. The van der Waals surface area contributed by atoms with Crippen molar-refractivity contribution >= 4 is 23.1 Å². The highest BCUT2D eigenvalue weighted by molar-refractivity contribution is 5.95.